The maximum Gasteiger partial charge on any atom is 0.255 e. The van der Waals surface area contributed by atoms with E-state index in [-0.39, 0.29) is 34.5 Å². The van der Waals surface area contributed by atoms with Crippen molar-refractivity contribution in [3.05, 3.63) is 46.8 Å². The van der Waals surface area contributed by atoms with E-state index in [2.05, 4.69) is 128 Å². The molecule has 0 bridgehead atoms. The second-order valence-corrected chi connectivity index (χ2v) is 38.1. The Hall–Kier alpha value is -3.32. The van der Waals surface area contributed by atoms with E-state index in [4.69, 9.17) is 0 Å². The van der Waals surface area contributed by atoms with Gasteiger partial charge in [0.2, 0.25) is 11.8 Å². The zero-order chi connectivity index (χ0) is 71.0. The molecule has 4 N–H and O–H groups in total. The number of hydrogen-bond donors (Lipinski definition) is 4. The molecule has 4 amide bonds. The van der Waals surface area contributed by atoms with Crippen molar-refractivity contribution in [1.82, 2.24) is 30.2 Å². The standard InChI is InChI=1S/C88H144N6O6/c1-13-91-51-43-61(44-52-91)77(81(97)89-65-27-17-15-18-28-65)93(67-39-47-85(9)63(55-67)31-33-69-73-37-35-71(59(7)25-21-23-57(3)4)87(73,11)49-41-75(69)85)83(99)79(95)80(96)84(100)94(78(62-45-53-92(14-2)54-46-62)82(98)90-66-29-19-16-20-30-66)68-40-48-86(10)64(56-68)32-34-70-74-38-36-72(60(8)26-22-24-58(5)6)88(74,12)50-42-76(70)86/h27,29,31-32,57-62,67-80,95-96H,13-26,28,30,33-56H2,1-12H3,(H,89,97)(H,90,98)/t59-,60-,67?,68?,69+,70+,71-,72?,73+,74+,75+,76+,77?,78?,79?,80?,85+,86+,87-,88-/m1/s1. The highest BCUT2D eigenvalue weighted by Crippen LogP contribution is 2.70. The topological polar surface area (TPSA) is 146 Å². The number of carbonyl (C=O) groups is 4. The van der Waals surface area contributed by atoms with Crippen molar-refractivity contribution in [2.45, 2.75) is 338 Å². The molecule has 12 heteroatoms. The molecule has 12 nitrogen and oxygen atoms in total. The molecule has 100 heavy (non-hydrogen) atoms. The molecule has 2 saturated heterocycles. The lowest BCUT2D eigenvalue weighted by atomic mass is 9.46. The Kier molecular flexibility index (Phi) is 24.7. The molecule has 0 aromatic heterocycles. The van der Waals surface area contributed by atoms with Crippen molar-refractivity contribution in [3.63, 3.8) is 0 Å². The number of likely N-dealkylation sites (tertiary alicyclic amines) is 2. The first-order valence-electron chi connectivity index (χ1n) is 42.8. The monoisotopic (exact) mass is 1380 g/mol. The van der Waals surface area contributed by atoms with E-state index in [0.717, 1.165) is 189 Å². The first-order chi connectivity index (χ1) is 47.9. The third-order valence-electron chi connectivity index (χ3n) is 32.0. The quantitative estimate of drug-likeness (QED) is 0.0661. The number of carbonyl (C=O) groups excluding carboxylic acids is 4. The van der Waals surface area contributed by atoms with Crippen LogP contribution < -0.4 is 10.6 Å². The lowest BCUT2D eigenvalue weighted by Crippen LogP contribution is -2.65. The van der Waals surface area contributed by atoms with Crippen molar-refractivity contribution >= 4 is 23.6 Å². The highest BCUT2D eigenvalue weighted by atomic mass is 16.3. The smallest absolute Gasteiger partial charge is 0.255 e. The summed E-state index contributed by atoms with van der Waals surface area (Å²) in [5.74, 6) is 6.01. The van der Waals surface area contributed by atoms with Crippen LogP contribution in [0.4, 0.5) is 0 Å². The van der Waals surface area contributed by atoms with Crippen molar-refractivity contribution in [1.29, 1.82) is 0 Å². The Labute approximate surface area is 608 Å². The number of hydrogen-bond acceptors (Lipinski definition) is 8. The first-order valence-corrected chi connectivity index (χ1v) is 42.8. The number of allylic oxidation sites excluding steroid dienone is 6. The van der Waals surface area contributed by atoms with Gasteiger partial charge >= 0.3 is 0 Å². The van der Waals surface area contributed by atoms with Crippen molar-refractivity contribution in [3.8, 4) is 0 Å². The molecule has 0 spiro atoms. The van der Waals surface area contributed by atoms with Gasteiger partial charge in [0.1, 0.15) is 12.1 Å². The summed E-state index contributed by atoms with van der Waals surface area (Å²) in [7, 11) is 0. The van der Waals surface area contributed by atoms with Crippen molar-refractivity contribution < 1.29 is 29.4 Å². The van der Waals surface area contributed by atoms with Crippen LogP contribution in [0.1, 0.15) is 301 Å². The molecule has 12 rings (SSSR count). The average Bonchev–Trinajstić information content (AvgIpc) is 1.38. The third kappa shape index (κ3) is 15.3. The Morgan fingerprint density at radius 2 is 0.880 bits per heavy atom. The molecule has 2 heterocycles. The molecular formula is C88H144N6O6. The predicted octanol–water partition coefficient (Wildman–Crippen LogP) is 17.5. The van der Waals surface area contributed by atoms with E-state index in [1.165, 1.54) is 101 Å². The van der Waals surface area contributed by atoms with Crippen LogP contribution in [0.3, 0.4) is 0 Å². The average molecular weight is 1380 g/mol. The van der Waals surface area contributed by atoms with Gasteiger partial charge in [-0.25, -0.2) is 0 Å². The summed E-state index contributed by atoms with van der Waals surface area (Å²) in [6, 6.07) is -2.69. The second-order valence-electron chi connectivity index (χ2n) is 38.1. The first kappa shape index (κ1) is 76.3. The number of amides is 4. The molecule has 0 radical (unpaired) electrons. The normalized spacial score (nSPS) is 36.9. The Morgan fingerprint density at radius 3 is 1.23 bits per heavy atom. The summed E-state index contributed by atoms with van der Waals surface area (Å²) in [5.41, 5.74) is 5.22. The minimum Gasteiger partial charge on any atom is -0.380 e. The van der Waals surface area contributed by atoms with Crippen LogP contribution in [0.5, 0.6) is 0 Å². The van der Waals surface area contributed by atoms with E-state index in [1.807, 2.05) is 0 Å². The molecule has 12 aliphatic rings. The summed E-state index contributed by atoms with van der Waals surface area (Å²) < 4.78 is 0. The molecule has 0 aromatic rings. The van der Waals surface area contributed by atoms with Gasteiger partial charge in [0.25, 0.3) is 11.8 Å². The number of nitrogens with one attached hydrogen (secondary N) is 2. The molecule has 562 valence electrons. The van der Waals surface area contributed by atoms with E-state index >= 15 is 19.2 Å². The van der Waals surface area contributed by atoms with Gasteiger partial charge in [-0.05, 0) is 324 Å². The highest BCUT2D eigenvalue weighted by molar-refractivity contribution is 5.96. The fraction of sp³-hybridized carbons (Fsp3) is 0.864. The predicted molar refractivity (Wildman–Crippen MR) is 406 cm³/mol. The van der Waals surface area contributed by atoms with E-state index in [1.54, 1.807) is 9.80 Å². The fourth-order valence-electron chi connectivity index (χ4n) is 26.1. The number of fused-ring (bicyclic) bond motifs is 10. The molecule has 0 aromatic carbocycles. The fourth-order valence-corrected chi connectivity index (χ4v) is 26.1. The molecule has 8 fully saturated rings. The number of piperidine rings is 2. The van der Waals surface area contributed by atoms with Crippen molar-refractivity contribution in [2.24, 2.45) is 105 Å². The zero-order valence-electron chi connectivity index (χ0n) is 65.5. The van der Waals surface area contributed by atoms with Crippen LogP contribution in [0, 0.1) is 105 Å². The largest absolute Gasteiger partial charge is 0.380 e. The van der Waals surface area contributed by atoms with Crippen LogP contribution >= 0.6 is 0 Å². The summed E-state index contributed by atoms with van der Waals surface area (Å²) >= 11 is 0. The molecule has 10 aliphatic carbocycles. The summed E-state index contributed by atoms with van der Waals surface area (Å²) in [6.45, 7) is 34.4. The van der Waals surface area contributed by atoms with E-state index in [0.29, 0.717) is 72.0 Å². The van der Waals surface area contributed by atoms with Crippen LogP contribution in [-0.2, 0) is 19.2 Å². The van der Waals surface area contributed by atoms with Crippen LogP contribution in [0.2, 0.25) is 0 Å². The maximum atomic E-state index is 16.7. The van der Waals surface area contributed by atoms with E-state index in [9.17, 15) is 10.2 Å². The molecule has 2 aliphatic heterocycles. The molecule has 7 unspecified atom stereocenters. The lowest BCUT2D eigenvalue weighted by Gasteiger charge is -2.59. The second kappa shape index (κ2) is 32.4. The Balaban J connectivity index is 0.870. The Morgan fingerprint density at radius 1 is 0.490 bits per heavy atom. The summed E-state index contributed by atoms with van der Waals surface area (Å²) in [6.07, 6.45) is 40.1. The van der Waals surface area contributed by atoms with Gasteiger partial charge in [0.05, 0.1) is 0 Å². The van der Waals surface area contributed by atoms with Crippen LogP contribution in [0.25, 0.3) is 0 Å². The summed E-state index contributed by atoms with van der Waals surface area (Å²) in [4.78, 5) is 73.4. The number of rotatable bonds is 25. The molecule has 20 atom stereocenters. The Bertz CT molecular complexity index is 2760. The summed E-state index contributed by atoms with van der Waals surface area (Å²) in [5, 5.41) is 33.6. The number of aliphatic hydroxyl groups is 2. The SMILES string of the molecule is CCN1CCC(C(C(=O)NC2=CCCCC2)N(C(=O)C(O)C(O)C(=O)N(C2CC[C@@]3(C)C(=CC[C@H]4[C@@H]5CC[C@H]([C@H](C)CCCC(C)C)[C@@]5(C)CC[C@@H]43)C2)C(C(=O)NC2=CCCCC2)C2CCN(CC)CC2)C2CC[C@@]3(C)C(=CC[C@@H]4[C@@H]3CC[C@]3(C)C([C@H](C)CCCC(C)C)CC[C@@H]43)C2)CC1. The van der Waals surface area contributed by atoms with Crippen LogP contribution in [-0.4, -0.2) is 129 Å². The minimum absolute atomic E-state index is 0.0497. The number of aliphatic hydroxyl groups excluding tert-OH is 2. The van der Waals surface area contributed by atoms with Gasteiger partial charge < -0.3 is 40.4 Å². The van der Waals surface area contributed by atoms with Gasteiger partial charge in [0.15, 0.2) is 12.2 Å². The molecular weight excluding hydrogens is 1240 g/mol. The minimum atomic E-state index is -2.16. The van der Waals surface area contributed by atoms with Crippen molar-refractivity contribution in [2.75, 3.05) is 39.3 Å². The lowest BCUT2D eigenvalue weighted by molar-refractivity contribution is -0.169. The highest BCUT2D eigenvalue weighted by Gasteiger charge is 2.63. The molecule has 6 saturated carbocycles. The van der Waals surface area contributed by atoms with Gasteiger partial charge in [-0.3, -0.25) is 19.2 Å². The van der Waals surface area contributed by atoms with E-state index < -0.39 is 48.2 Å². The maximum absolute atomic E-state index is 16.7. The van der Waals surface area contributed by atoms with Gasteiger partial charge in [-0.1, -0.05) is 157 Å². The van der Waals surface area contributed by atoms with Crippen LogP contribution in [0.15, 0.2) is 46.8 Å². The van der Waals surface area contributed by atoms with Gasteiger partial charge in [0, 0.05) is 23.5 Å². The third-order valence-corrected chi connectivity index (χ3v) is 32.0. The van der Waals surface area contributed by atoms with Gasteiger partial charge in [-0.15, -0.1) is 0 Å². The van der Waals surface area contributed by atoms with Gasteiger partial charge in [-0.2, -0.15) is 0 Å². The number of nitrogens with zero attached hydrogens (tertiary/aromatic N) is 4. The zero-order valence-corrected chi connectivity index (χ0v) is 65.5.